The maximum absolute atomic E-state index is 5.89. The van der Waals surface area contributed by atoms with Crippen LogP contribution < -0.4 is 4.74 Å². The van der Waals surface area contributed by atoms with E-state index in [-0.39, 0.29) is 0 Å². The Morgan fingerprint density at radius 2 is 0.913 bits per heavy atom. The van der Waals surface area contributed by atoms with Gasteiger partial charge in [-0.25, -0.2) is 0 Å². The van der Waals surface area contributed by atoms with Crippen LogP contribution in [0, 0.1) is 0 Å². The van der Waals surface area contributed by atoms with Crippen molar-refractivity contribution in [2.24, 2.45) is 0 Å². The molecule has 2 rings (SSSR count). The number of unbranched alkanes of at least 4 members (excludes halogenated alkanes) is 23. The van der Waals surface area contributed by atoms with Crippen LogP contribution in [-0.4, -0.2) is 11.5 Å². The topological polar surface area (TPSA) is 9.23 Å². The zero-order valence-corrected chi connectivity index (χ0v) is 31.0. The van der Waals surface area contributed by atoms with E-state index in [9.17, 15) is 0 Å². The molecule has 2 heteroatoms. The summed E-state index contributed by atoms with van der Waals surface area (Å²) in [6, 6.07) is 17.2. The van der Waals surface area contributed by atoms with Crippen LogP contribution in [0.2, 0.25) is 0 Å². The molecule has 0 atom stereocenters. The van der Waals surface area contributed by atoms with Gasteiger partial charge in [-0.05, 0) is 54.2 Å². The highest BCUT2D eigenvalue weighted by Gasteiger charge is 2.01. The average molecular weight is 647 g/mol. The lowest BCUT2D eigenvalue weighted by atomic mass is 10.0. The van der Waals surface area contributed by atoms with E-state index >= 15 is 0 Å². The summed E-state index contributed by atoms with van der Waals surface area (Å²) in [7, 11) is 0. The maximum atomic E-state index is 5.89. The summed E-state index contributed by atoms with van der Waals surface area (Å²) in [5, 5.41) is 0. The minimum Gasteiger partial charge on any atom is -0.494 e. The fourth-order valence-electron chi connectivity index (χ4n) is 6.26. The molecule has 258 valence electrons. The highest BCUT2D eigenvalue weighted by atomic mass is 32.1. The Morgan fingerprint density at radius 3 is 1.37 bits per heavy atom. The SMILES string of the molecule is CCCCCCCCCCCCCCCCCCCCCCc1ccc(C(=S)C=Cc2ccc(OCCCCCCC)cc2)cc1. The number of benzene rings is 2. The summed E-state index contributed by atoms with van der Waals surface area (Å²) >= 11 is 5.70. The van der Waals surface area contributed by atoms with Crippen LogP contribution in [0.25, 0.3) is 6.08 Å². The fourth-order valence-corrected chi connectivity index (χ4v) is 6.46. The summed E-state index contributed by atoms with van der Waals surface area (Å²) in [5.74, 6) is 0.950. The van der Waals surface area contributed by atoms with Crippen molar-refractivity contribution in [2.75, 3.05) is 6.61 Å². The smallest absolute Gasteiger partial charge is 0.119 e. The first-order valence-corrected chi connectivity index (χ1v) is 20.2. The standard InChI is InChI=1S/C44H70OS/c1-3-5-7-9-10-11-12-13-14-15-16-17-18-19-20-21-22-23-24-26-28-40-29-34-42(35-30-40)44(46)38-33-41-31-36-43(37-32-41)45-39-27-25-8-6-4-2/h29-38H,3-28,39H2,1-2H3. The van der Waals surface area contributed by atoms with Gasteiger partial charge in [0.15, 0.2) is 0 Å². The molecular formula is C44H70OS. The van der Waals surface area contributed by atoms with Crippen molar-refractivity contribution in [1.82, 2.24) is 0 Å². The summed E-state index contributed by atoms with van der Waals surface area (Å²) in [6.45, 7) is 5.35. The van der Waals surface area contributed by atoms with E-state index < -0.39 is 0 Å². The predicted molar refractivity (Wildman–Crippen MR) is 210 cm³/mol. The van der Waals surface area contributed by atoms with Gasteiger partial charge in [0.2, 0.25) is 0 Å². The average Bonchev–Trinajstić information content (AvgIpc) is 3.08. The minimum atomic E-state index is 0.804. The van der Waals surface area contributed by atoms with E-state index in [1.54, 1.807) is 0 Å². The number of allylic oxidation sites excluding steroid dienone is 1. The minimum absolute atomic E-state index is 0.804. The Kier molecular flexibility index (Phi) is 25.6. The molecule has 0 heterocycles. The van der Waals surface area contributed by atoms with E-state index in [1.165, 1.54) is 166 Å². The van der Waals surface area contributed by atoms with E-state index in [0.717, 1.165) is 34.8 Å². The summed E-state index contributed by atoms with van der Waals surface area (Å²) in [6.07, 6.45) is 40.3. The number of rotatable bonds is 31. The molecule has 2 aromatic carbocycles. The maximum Gasteiger partial charge on any atom is 0.119 e. The number of hydrogen-bond acceptors (Lipinski definition) is 2. The van der Waals surface area contributed by atoms with Crippen LogP contribution in [0.5, 0.6) is 5.75 Å². The number of thiocarbonyl (C=S) groups is 1. The van der Waals surface area contributed by atoms with E-state index in [4.69, 9.17) is 17.0 Å². The summed E-state index contributed by atoms with van der Waals surface area (Å²) in [4.78, 5) is 0.887. The quantitative estimate of drug-likeness (QED) is 0.0349. The molecule has 0 unspecified atom stereocenters. The van der Waals surface area contributed by atoms with Crippen molar-refractivity contribution < 1.29 is 4.74 Å². The molecule has 0 aromatic heterocycles. The Hall–Kier alpha value is -1.93. The van der Waals surface area contributed by atoms with Gasteiger partial charge in [-0.3, -0.25) is 0 Å². The molecule has 0 spiro atoms. The zero-order chi connectivity index (χ0) is 32.8. The van der Waals surface area contributed by atoms with Crippen LogP contribution in [0.4, 0.5) is 0 Å². The van der Waals surface area contributed by atoms with Gasteiger partial charge in [-0.15, -0.1) is 0 Å². The van der Waals surface area contributed by atoms with Crippen molar-refractivity contribution in [1.29, 1.82) is 0 Å². The van der Waals surface area contributed by atoms with Crippen molar-refractivity contribution in [3.63, 3.8) is 0 Å². The van der Waals surface area contributed by atoms with E-state index in [0.29, 0.717) is 0 Å². The molecule has 0 N–H and O–H groups in total. The van der Waals surface area contributed by atoms with Gasteiger partial charge in [-0.1, -0.05) is 216 Å². The lowest BCUT2D eigenvalue weighted by Gasteiger charge is -2.06. The monoisotopic (exact) mass is 647 g/mol. The van der Waals surface area contributed by atoms with Crippen LogP contribution in [0.1, 0.15) is 191 Å². The highest BCUT2D eigenvalue weighted by molar-refractivity contribution is 7.81. The van der Waals surface area contributed by atoms with Crippen molar-refractivity contribution in [3.8, 4) is 5.75 Å². The van der Waals surface area contributed by atoms with Gasteiger partial charge in [0.25, 0.3) is 0 Å². The Morgan fingerprint density at radius 1 is 0.500 bits per heavy atom. The molecule has 0 aliphatic carbocycles. The van der Waals surface area contributed by atoms with Gasteiger partial charge in [0.05, 0.1) is 6.61 Å². The van der Waals surface area contributed by atoms with Gasteiger partial charge < -0.3 is 4.74 Å². The largest absolute Gasteiger partial charge is 0.494 e. The first-order chi connectivity index (χ1) is 22.7. The first kappa shape index (κ1) is 40.2. The second-order valence-corrected chi connectivity index (χ2v) is 14.1. The molecular weight excluding hydrogens is 577 g/mol. The van der Waals surface area contributed by atoms with Gasteiger partial charge >= 0.3 is 0 Å². The molecule has 0 radical (unpaired) electrons. The predicted octanol–water partition coefficient (Wildman–Crippen LogP) is 14.8. The van der Waals surface area contributed by atoms with E-state index in [1.807, 2.05) is 6.08 Å². The zero-order valence-electron chi connectivity index (χ0n) is 30.2. The third-order valence-electron chi connectivity index (χ3n) is 9.38. The van der Waals surface area contributed by atoms with Crippen LogP contribution in [-0.2, 0) is 6.42 Å². The molecule has 1 nitrogen and oxygen atoms in total. The molecule has 46 heavy (non-hydrogen) atoms. The number of hydrogen-bond donors (Lipinski definition) is 0. The number of ether oxygens (including phenoxy) is 1. The van der Waals surface area contributed by atoms with Crippen molar-refractivity contribution in [2.45, 2.75) is 181 Å². The lowest BCUT2D eigenvalue weighted by Crippen LogP contribution is -1.97. The van der Waals surface area contributed by atoms with Gasteiger partial charge in [0, 0.05) is 4.86 Å². The lowest BCUT2D eigenvalue weighted by molar-refractivity contribution is 0.304. The van der Waals surface area contributed by atoms with Gasteiger partial charge in [0.1, 0.15) is 5.75 Å². The second-order valence-electron chi connectivity index (χ2n) is 13.7. The highest BCUT2D eigenvalue weighted by Crippen LogP contribution is 2.18. The molecule has 0 saturated heterocycles. The molecule has 0 bridgehead atoms. The Labute approximate surface area is 291 Å². The molecule has 0 aliphatic rings. The third kappa shape index (κ3) is 21.8. The molecule has 0 amide bonds. The van der Waals surface area contributed by atoms with Crippen LogP contribution >= 0.6 is 12.2 Å². The normalized spacial score (nSPS) is 11.4. The molecule has 0 fully saturated rings. The third-order valence-corrected chi connectivity index (χ3v) is 9.75. The van der Waals surface area contributed by atoms with Crippen molar-refractivity contribution >= 4 is 23.2 Å². The van der Waals surface area contributed by atoms with E-state index in [2.05, 4.69) is 68.5 Å². The Balaban J connectivity index is 1.42. The van der Waals surface area contributed by atoms with Gasteiger partial charge in [-0.2, -0.15) is 0 Å². The summed E-state index contributed by atoms with van der Waals surface area (Å²) < 4.78 is 5.89. The Bertz CT molecular complexity index is 990. The fraction of sp³-hybridized carbons (Fsp3) is 0.659. The molecule has 2 aromatic rings. The van der Waals surface area contributed by atoms with Crippen LogP contribution in [0.15, 0.2) is 54.6 Å². The first-order valence-electron chi connectivity index (χ1n) is 19.8. The molecule has 0 saturated carbocycles. The van der Waals surface area contributed by atoms with Crippen molar-refractivity contribution in [3.05, 3.63) is 71.3 Å². The van der Waals surface area contributed by atoms with Crippen LogP contribution in [0.3, 0.4) is 0 Å². The summed E-state index contributed by atoms with van der Waals surface area (Å²) in [5.41, 5.74) is 3.70. The number of aryl methyl sites for hydroxylation is 1. The second kappa shape index (κ2) is 29.2. The molecule has 0 aliphatic heterocycles.